The molecule has 0 aromatic rings. The normalized spacial score (nSPS) is 0. The molecule has 3 radical (unpaired) electrons. The molecule has 0 N–H and O–H groups in total. The topological polar surface area (TPSA) is 0 Å². The van der Waals surface area contributed by atoms with E-state index in [1.165, 1.54) is 0 Å². The smallest absolute Gasteiger partial charge is 0 e. The van der Waals surface area contributed by atoms with Crippen LogP contribution >= 0.6 is 0 Å². The fraction of sp³-hybridized carbons (Fsp3) is 0. The second kappa shape index (κ2) is 39.6. The van der Waals surface area contributed by atoms with Gasteiger partial charge in [-0.2, -0.15) is 0 Å². The standard InChI is InChI=1S/Co.Cu.Mg.Mn.Ni.Zn.2H. The van der Waals surface area contributed by atoms with Crippen LogP contribution in [0.15, 0.2) is 0 Å². The molecule has 0 aromatic heterocycles. The van der Waals surface area contributed by atoms with E-state index in [9.17, 15) is 0 Å². The zero-order valence-corrected chi connectivity index (χ0v) is 9.15. The van der Waals surface area contributed by atoms with E-state index in [4.69, 9.17) is 0 Å². The molecule has 0 aliphatic rings. The van der Waals surface area contributed by atoms with Crippen LogP contribution in [-0.2, 0) is 86.9 Å². The summed E-state index contributed by atoms with van der Waals surface area (Å²) in [6.45, 7) is 0. The zero-order chi connectivity index (χ0) is 0. The minimum absolute atomic E-state index is 0. The van der Waals surface area contributed by atoms with Gasteiger partial charge in [0.15, 0.2) is 0 Å². The molecule has 0 aromatic carbocycles. The molecular weight excluding hydrogens is 326 g/mol. The van der Waals surface area contributed by atoms with E-state index >= 15 is 0 Å². The molecule has 6 heteroatoms. The van der Waals surface area contributed by atoms with Crippen molar-refractivity contribution < 1.29 is 86.9 Å². The maximum Gasteiger partial charge on any atom is 0.316 e. The van der Waals surface area contributed by atoms with Crippen LogP contribution in [0.25, 0.3) is 0 Å². The van der Waals surface area contributed by atoms with Crippen LogP contribution in [-0.4, -0.2) is 23.1 Å². The molecule has 0 fully saturated rings. The van der Waals surface area contributed by atoms with Gasteiger partial charge in [-0.1, -0.05) is 0 Å². The van der Waals surface area contributed by atoms with E-state index < -0.39 is 0 Å². The first-order valence-corrected chi connectivity index (χ1v) is 0. The third kappa shape index (κ3) is 26.1. The number of hydrogen-bond donors (Lipinski definition) is 0. The molecule has 0 bridgehead atoms. The third-order valence-electron chi connectivity index (χ3n) is 0. The SMILES string of the molecule is [Co].[Cu].[MgH2].[Mn].[Ni].[Zn]. The van der Waals surface area contributed by atoms with E-state index in [0.29, 0.717) is 0 Å². The Bertz CT molecular complexity index is 15.5. The van der Waals surface area contributed by atoms with Crippen LogP contribution in [0.3, 0.4) is 0 Å². The molecule has 0 heterocycles. The Hall–Kier alpha value is 3.43. The first kappa shape index (κ1) is 57.0. The Kier molecular flexibility index (Phi) is 376. The van der Waals surface area contributed by atoms with Crippen LogP contribution in [0.2, 0.25) is 0 Å². The maximum absolute atomic E-state index is 0. The van der Waals surface area contributed by atoms with Gasteiger partial charge >= 0.3 is 23.1 Å². The van der Waals surface area contributed by atoms with E-state index in [1.54, 1.807) is 0 Å². The van der Waals surface area contributed by atoms with Crippen molar-refractivity contribution >= 4 is 23.1 Å². The summed E-state index contributed by atoms with van der Waals surface area (Å²) in [5.74, 6) is 0. The fourth-order valence-electron chi connectivity index (χ4n) is 0. The Morgan fingerprint density at radius 2 is 1.00 bits per heavy atom. The van der Waals surface area contributed by atoms with Gasteiger partial charge in [-0.15, -0.1) is 0 Å². The largest absolute Gasteiger partial charge is 0.316 e. The molecule has 0 nitrogen and oxygen atoms in total. The van der Waals surface area contributed by atoms with E-state index in [2.05, 4.69) is 0 Å². The number of hydrogen-bond acceptors (Lipinski definition) is 0. The zero-order valence-electron chi connectivity index (χ0n) is 2.04. The molecule has 0 rings (SSSR count). The second-order valence-electron chi connectivity index (χ2n) is 0. The van der Waals surface area contributed by atoms with Crippen molar-refractivity contribution in [1.29, 1.82) is 0 Å². The van der Waals surface area contributed by atoms with Crippen molar-refractivity contribution in [3.8, 4) is 0 Å². The summed E-state index contributed by atoms with van der Waals surface area (Å²) in [7, 11) is 0. The number of rotatable bonds is 0. The van der Waals surface area contributed by atoms with Gasteiger partial charge in [-0.05, 0) is 0 Å². The summed E-state index contributed by atoms with van der Waals surface area (Å²) >= 11 is 0. The first-order valence-electron chi connectivity index (χ1n) is 0. The van der Waals surface area contributed by atoms with Crippen molar-refractivity contribution in [2.45, 2.75) is 0 Å². The van der Waals surface area contributed by atoms with Gasteiger partial charge < -0.3 is 0 Å². The molecule has 0 atom stereocenters. The van der Waals surface area contributed by atoms with Gasteiger partial charge in [0.1, 0.15) is 0 Å². The molecule has 0 aliphatic carbocycles. The maximum atomic E-state index is 0. The van der Waals surface area contributed by atoms with Gasteiger partial charge in [0, 0.05) is 86.9 Å². The summed E-state index contributed by atoms with van der Waals surface area (Å²) in [5, 5.41) is 0. The molecule has 0 saturated carbocycles. The average Bonchev–Trinajstić information content (AvgIpc) is 0. The van der Waals surface area contributed by atoms with Crippen molar-refractivity contribution in [2.24, 2.45) is 0 Å². The monoisotopic (exact) mass is 325 g/mol. The first-order chi connectivity index (χ1) is 0. The Labute approximate surface area is 108 Å². The second-order valence-corrected chi connectivity index (χ2v) is 0. The van der Waals surface area contributed by atoms with Gasteiger partial charge in [-0.3, -0.25) is 0 Å². The summed E-state index contributed by atoms with van der Waals surface area (Å²) in [6, 6.07) is 0. The van der Waals surface area contributed by atoms with Gasteiger partial charge in [-0.25, -0.2) is 0 Å². The minimum atomic E-state index is 0. The van der Waals surface area contributed by atoms with Crippen molar-refractivity contribution in [2.75, 3.05) is 0 Å². The van der Waals surface area contributed by atoms with Crippen LogP contribution in [0.1, 0.15) is 0 Å². The minimum Gasteiger partial charge on any atom is 0 e. The van der Waals surface area contributed by atoms with Gasteiger partial charge in [0.05, 0.1) is 0 Å². The summed E-state index contributed by atoms with van der Waals surface area (Å²) in [6.07, 6.45) is 0. The Morgan fingerprint density at radius 3 is 1.00 bits per heavy atom. The predicted molar refractivity (Wildman–Crippen MR) is 8.54 cm³/mol. The molecule has 0 saturated heterocycles. The van der Waals surface area contributed by atoms with Crippen LogP contribution in [0.4, 0.5) is 0 Å². The summed E-state index contributed by atoms with van der Waals surface area (Å²) in [5.41, 5.74) is 0. The van der Waals surface area contributed by atoms with Gasteiger partial charge in [0.2, 0.25) is 0 Å². The van der Waals surface area contributed by atoms with E-state index in [0.717, 1.165) is 0 Å². The van der Waals surface area contributed by atoms with Crippen molar-refractivity contribution in [1.82, 2.24) is 0 Å². The quantitative estimate of drug-likeness (QED) is 0.505. The van der Waals surface area contributed by atoms with Crippen LogP contribution in [0.5, 0.6) is 0 Å². The predicted octanol–water partition coefficient (Wildman–Crippen LogP) is -0.929. The van der Waals surface area contributed by atoms with Crippen LogP contribution < -0.4 is 0 Å². The summed E-state index contributed by atoms with van der Waals surface area (Å²) in [4.78, 5) is 0. The fourth-order valence-corrected chi connectivity index (χ4v) is 0. The van der Waals surface area contributed by atoms with Crippen LogP contribution in [0, 0.1) is 0 Å². The Morgan fingerprint density at radius 1 is 1.00 bits per heavy atom. The average molecular weight is 328 g/mol. The molecule has 43 valence electrons. The van der Waals surface area contributed by atoms with E-state index in [-0.39, 0.29) is 110 Å². The van der Waals surface area contributed by atoms with Crippen molar-refractivity contribution in [3.05, 3.63) is 0 Å². The van der Waals surface area contributed by atoms with Gasteiger partial charge in [0.25, 0.3) is 0 Å². The third-order valence-corrected chi connectivity index (χ3v) is 0. The molecule has 0 spiro atoms. The molecule has 0 unspecified atom stereocenters. The molecule has 6 heavy (non-hydrogen) atoms. The molecule has 0 amide bonds. The summed E-state index contributed by atoms with van der Waals surface area (Å²) < 4.78 is 0. The van der Waals surface area contributed by atoms with E-state index in [1.807, 2.05) is 0 Å². The molecule has 0 aliphatic heterocycles. The van der Waals surface area contributed by atoms with Crippen molar-refractivity contribution in [3.63, 3.8) is 0 Å². The molecular formula is H2CoCuMgMnNiZn. The Balaban J connectivity index is 0.